The number of hydrogen-bond acceptors (Lipinski definition) is 4. The number of carbonyl (C=O) groups excluding carboxylic acids is 2. The number of alkyl halides is 1. The minimum atomic E-state index is -3.26. The maximum absolute atomic E-state index is 12.8. The number of hydrogen-bond donors (Lipinski definition) is 2. The zero-order chi connectivity index (χ0) is 18.8. The molecule has 0 heterocycles. The minimum Gasteiger partial charge on any atom is -0.353 e. The molecular formula is C17H29FN2O4S. The SMILES string of the molecule is CC(C)C(=O)NC1CC(S(=O)(=O)CCC(C)C(=O)NC2CC(F)C2)C1. The summed E-state index contributed by atoms with van der Waals surface area (Å²) in [6.45, 7) is 5.29. The molecule has 8 heteroatoms. The van der Waals surface area contributed by atoms with Crippen LogP contribution in [-0.2, 0) is 19.4 Å². The second-order valence-electron chi connectivity index (χ2n) is 7.78. The van der Waals surface area contributed by atoms with Crippen LogP contribution < -0.4 is 10.6 Å². The van der Waals surface area contributed by atoms with E-state index in [0.29, 0.717) is 25.7 Å². The van der Waals surface area contributed by atoms with E-state index in [-0.39, 0.29) is 42.0 Å². The molecule has 2 N–H and O–H groups in total. The fourth-order valence-corrected chi connectivity index (χ4v) is 5.06. The quantitative estimate of drug-likeness (QED) is 0.669. The highest BCUT2D eigenvalue weighted by atomic mass is 32.2. The van der Waals surface area contributed by atoms with Gasteiger partial charge in [-0.25, -0.2) is 12.8 Å². The van der Waals surface area contributed by atoms with Crippen molar-refractivity contribution in [3.05, 3.63) is 0 Å². The van der Waals surface area contributed by atoms with Crippen molar-refractivity contribution in [2.24, 2.45) is 11.8 Å². The van der Waals surface area contributed by atoms with E-state index >= 15 is 0 Å². The van der Waals surface area contributed by atoms with Crippen LogP contribution >= 0.6 is 0 Å². The summed E-state index contributed by atoms with van der Waals surface area (Å²) in [7, 11) is -3.26. The number of carbonyl (C=O) groups is 2. The predicted molar refractivity (Wildman–Crippen MR) is 93.4 cm³/mol. The predicted octanol–water partition coefficient (Wildman–Crippen LogP) is 1.35. The highest BCUT2D eigenvalue weighted by molar-refractivity contribution is 7.92. The minimum absolute atomic E-state index is 0.0342. The third kappa shape index (κ3) is 5.39. The van der Waals surface area contributed by atoms with Crippen LogP contribution in [0.4, 0.5) is 4.39 Å². The molecule has 25 heavy (non-hydrogen) atoms. The van der Waals surface area contributed by atoms with Crippen molar-refractivity contribution < 1.29 is 22.4 Å². The molecule has 2 saturated carbocycles. The molecule has 0 aromatic heterocycles. The molecule has 0 bridgehead atoms. The lowest BCUT2D eigenvalue weighted by atomic mass is 9.90. The Morgan fingerprint density at radius 2 is 1.52 bits per heavy atom. The second-order valence-corrected chi connectivity index (χ2v) is 10.2. The highest BCUT2D eigenvalue weighted by Gasteiger charge is 2.39. The number of amides is 2. The lowest BCUT2D eigenvalue weighted by Crippen LogP contribution is -2.51. The Labute approximate surface area is 149 Å². The number of sulfone groups is 1. The van der Waals surface area contributed by atoms with Crippen molar-refractivity contribution in [3.8, 4) is 0 Å². The normalized spacial score (nSPS) is 30.1. The Morgan fingerprint density at radius 3 is 2.04 bits per heavy atom. The Morgan fingerprint density at radius 1 is 1.00 bits per heavy atom. The molecular weight excluding hydrogens is 347 g/mol. The summed E-state index contributed by atoms with van der Waals surface area (Å²) >= 11 is 0. The van der Waals surface area contributed by atoms with E-state index in [1.54, 1.807) is 20.8 Å². The standard InChI is InChI=1S/C17H29FN2O4S/c1-10(2)16(21)19-14-8-15(9-14)25(23,24)5-4-11(3)17(22)20-13-6-12(18)7-13/h10-15H,4-9H2,1-3H3,(H,19,21)(H,20,22). The first-order valence-corrected chi connectivity index (χ1v) is 10.8. The average molecular weight is 376 g/mol. The van der Waals surface area contributed by atoms with Crippen molar-refractivity contribution in [1.82, 2.24) is 10.6 Å². The average Bonchev–Trinajstić information content (AvgIpc) is 2.45. The van der Waals surface area contributed by atoms with Gasteiger partial charge in [0, 0.05) is 23.9 Å². The van der Waals surface area contributed by atoms with Gasteiger partial charge in [0.2, 0.25) is 11.8 Å². The molecule has 2 aliphatic rings. The first kappa shape index (κ1) is 20.1. The number of halogens is 1. The van der Waals surface area contributed by atoms with Gasteiger partial charge in [-0.05, 0) is 32.1 Å². The van der Waals surface area contributed by atoms with Gasteiger partial charge >= 0.3 is 0 Å². The Balaban J connectivity index is 1.69. The van der Waals surface area contributed by atoms with Gasteiger partial charge in [0.05, 0.1) is 11.0 Å². The first-order chi connectivity index (χ1) is 11.6. The monoisotopic (exact) mass is 376 g/mol. The molecule has 144 valence electrons. The lowest BCUT2D eigenvalue weighted by molar-refractivity contribution is -0.126. The zero-order valence-corrected chi connectivity index (χ0v) is 15.9. The van der Waals surface area contributed by atoms with Crippen LogP contribution in [0.25, 0.3) is 0 Å². The van der Waals surface area contributed by atoms with E-state index in [4.69, 9.17) is 0 Å². The summed E-state index contributed by atoms with van der Waals surface area (Å²) in [4.78, 5) is 23.6. The van der Waals surface area contributed by atoms with Crippen molar-refractivity contribution >= 4 is 21.7 Å². The lowest BCUT2D eigenvalue weighted by Gasteiger charge is -2.36. The molecule has 2 amide bonds. The number of nitrogens with one attached hydrogen (secondary N) is 2. The van der Waals surface area contributed by atoms with Gasteiger partial charge < -0.3 is 10.6 Å². The molecule has 0 saturated heterocycles. The third-order valence-electron chi connectivity index (χ3n) is 5.18. The van der Waals surface area contributed by atoms with Gasteiger partial charge in [0.15, 0.2) is 9.84 Å². The highest BCUT2D eigenvalue weighted by Crippen LogP contribution is 2.29. The molecule has 0 radical (unpaired) electrons. The molecule has 6 nitrogen and oxygen atoms in total. The summed E-state index contributed by atoms with van der Waals surface area (Å²) < 4.78 is 37.4. The summed E-state index contributed by atoms with van der Waals surface area (Å²) in [6.07, 6.45) is 1.02. The van der Waals surface area contributed by atoms with Gasteiger partial charge in [0.1, 0.15) is 6.17 Å². The van der Waals surface area contributed by atoms with Gasteiger partial charge in [-0.15, -0.1) is 0 Å². The van der Waals surface area contributed by atoms with E-state index in [1.807, 2.05) is 0 Å². The molecule has 0 aromatic rings. The zero-order valence-electron chi connectivity index (χ0n) is 15.1. The summed E-state index contributed by atoms with van der Waals surface area (Å²) in [6, 6.07) is -0.179. The van der Waals surface area contributed by atoms with Gasteiger partial charge in [-0.1, -0.05) is 20.8 Å². The van der Waals surface area contributed by atoms with E-state index < -0.39 is 27.2 Å². The number of rotatable bonds is 8. The van der Waals surface area contributed by atoms with Crippen LogP contribution in [-0.4, -0.2) is 49.5 Å². The van der Waals surface area contributed by atoms with Gasteiger partial charge in [-0.3, -0.25) is 9.59 Å². The van der Waals surface area contributed by atoms with Crippen LogP contribution in [0.1, 0.15) is 52.9 Å². The van der Waals surface area contributed by atoms with E-state index in [0.717, 1.165) is 0 Å². The molecule has 1 atom stereocenters. The Bertz CT molecular complexity index is 596. The van der Waals surface area contributed by atoms with E-state index in [1.165, 1.54) is 0 Å². The second kappa shape index (κ2) is 8.01. The van der Waals surface area contributed by atoms with Crippen LogP contribution in [0.5, 0.6) is 0 Å². The van der Waals surface area contributed by atoms with Gasteiger partial charge in [-0.2, -0.15) is 0 Å². The molecule has 0 aromatic carbocycles. The summed E-state index contributed by atoms with van der Waals surface area (Å²) in [5, 5.41) is 5.17. The van der Waals surface area contributed by atoms with E-state index in [2.05, 4.69) is 10.6 Å². The maximum atomic E-state index is 12.8. The maximum Gasteiger partial charge on any atom is 0.223 e. The van der Waals surface area contributed by atoms with Crippen molar-refractivity contribution in [1.29, 1.82) is 0 Å². The van der Waals surface area contributed by atoms with Crippen LogP contribution in [0, 0.1) is 11.8 Å². The molecule has 0 aliphatic heterocycles. The van der Waals surface area contributed by atoms with Crippen LogP contribution in [0.2, 0.25) is 0 Å². The Hall–Kier alpha value is -1.18. The fourth-order valence-electron chi connectivity index (χ4n) is 2.99. The summed E-state index contributed by atoms with van der Waals surface area (Å²) in [5.41, 5.74) is 0. The molecule has 0 spiro atoms. The first-order valence-electron chi connectivity index (χ1n) is 9.05. The smallest absolute Gasteiger partial charge is 0.223 e. The third-order valence-corrected chi connectivity index (χ3v) is 7.39. The fraction of sp³-hybridized carbons (Fsp3) is 0.882. The Kier molecular flexibility index (Phi) is 6.45. The van der Waals surface area contributed by atoms with Crippen LogP contribution in [0.15, 0.2) is 0 Å². The molecule has 2 fully saturated rings. The molecule has 1 unspecified atom stereocenters. The van der Waals surface area contributed by atoms with Crippen molar-refractivity contribution in [2.45, 2.75) is 76.4 Å². The largest absolute Gasteiger partial charge is 0.353 e. The van der Waals surface area contributed by atoms with E-state index in [9.17, 15) is 22.4 Å². The molecule has 2 rings (SSSR count). The molecule has 2 aliphatic carbocycles. The van der Waals surface area contributed by atoms with Gasteiger partial charge in [0.25, 0.3) is 0 Å². The van der Waals surface area contributed by atoms with Crippen LogP contribution in [0.3, 0.4) is 0 Å². The van der Waals surface area contributed by atoms with Crippen molar-refractivity contribution in [2.75, 3.05) is 5.75 Å². The topological polar surface area (TPSA) is 92.3 Å². The van der Waals surface area contributed by atoms with Crippen molar-refractivity contribution in [3.63, 3.8) is 0 Å². The summed E-state index contributed by atoms with van der Waals surface area (Å²) in [5.74, 6) is -0.822.